The van der Waals surface area contributed by atoms with E-state index in [2.05, 4.69) is 4.98 Å². The predicted molar refractivity (Wildman–Crippen MR) is 111 cm³/mol. The van der Waals surface area contributed by atoms with Gasteiger partial charge in [-0.05, 0) is 43.4 Å². The van der Waals surface area contributed by atoms with Gasteiger partial charge in [0, 0.05) is 10.4 Å². The van der Waals surface area contributed by atoms with E-state index in [0.717, 1.165) is 29.5 Å². The van der Waals surface area contributed by atoms with E-state index < -0.39 is 0 Å². The van der Waals surface area contributed by atoms with Crippen molar-refractivity contribution in [3.05, 3.63) is 32.9 Å². The lowest BCUT2D eigenvalue weighted by atomic mass is 9.98. The quantitative estimate of drug-likeness (QED) is 0.705. The second-order valence-electron chi connectivity index (χ2n) is 6.93. The van der Waals surface area contributed by atoms with Gasteiger partial charge in [0.05, 0.1) is 26.7 Å². The highest BCUT2D eigenvalue weighted by Crippen LogP contribution is 2.41. The van der Waals surface area contributed by atoms with E-state index in [4.69, 9.17) is 19.2 Å². The van der Waals surface area contributed by atoms with Gasteiger partial charge in [0.2, 0.25) is 5.75 Å². The van der Waals surface area contributed by atoms with E-state index in [1.807, 2.05) is 0 Å². The summed E-state index contributed by atoms with van der Waals surface area (Å²) in [5, 5.41) is 0.762. The fourth-order valence-corrected chi connectivity index (χ4v) is 5.13. The lowest BCUT2D eigenvalue weighted by Crippen LogP contribution is -2.10. The number of ether oxygens (including phenoxy) is 3. The number of thiophene rings is 1. The molecule has 2 heterocycles. The number of H-pyrrole nitrogens is 1. The summed E-state index contributed by atoms with van der Waals surface area (Å²) in [5.41, 5.74) is 1.84. The summed E-state index contributed by atoms with van der Waals surface area (Å²) in [6, 6.07) is 3.60. The number of nitrogens with zero attached hydrogens (tertiary/aromatic N) is 1. The average Bonchev–Trinajstić information content (AvgIpc) is 3.03. The summed E-state index contributed by atoms with van der Waals surface area (Å²) in [6.45, 7) is 0. The molecule has 1 aromatic carbocycles. The minimum atomic E-state index is -0.0770. The van der Waals surface area contributed by atoms with Crippen molar-refractivity contribution in [3.63, 3.8) is 0 Å². The van der Waals surface area contributed by atoms with E-state index in [-0.39, 0.29) is 5.56 Å². The topological polar surface area (TPSA) is 73.4 Å². The Morgan fingerprint density at radius 1 is 0.964 bits per heavy atom. The maximum atomic E-state index is 13.0. The molecule has 0 saturated heterocycles. The van der Waals surface area contributed by atoms with Crippen molar-refractivity contribution in [3.8, 4) is 28.6 Å². The number of rotatable bonds is 4. The minimum Gasteiger partial charge on any atom is -0.493 e. The first-order valence-electron chi connectivity index (χ1n) is 9.51. The smallest absolute Gasteiger partial charge is 0.260 e. The Labute approximate surface area is 167 Å². The zero-order chi connectivity index (χ0) is 19.7. The SMILES string of the molecule is COc1cc(-c2nc3sc4c(c3c(=O)[nH]2)CCCCCC4)cc(OC)c1OC. The van der Waals surface area contributed by atoms with Crippen molar-refractivity contribution in [1.82, 2.24) is 9.97 Å². The van der Waals surface area contributed by atoms with Crippen LogP contribution >= 0.6 is 11.3 Å². The van der Waals surface area contributed by atoms with Gasteiger partial charge in [0.25, 0.3) is 5.56 Å². The highest BCUT2D eigenvalue weighted by atomic mass is 32.1. The normalized spacial score (nSPS) is 14.2. The number of aromatic amines is 1. The molecule has 0 fully saturated rings. The van der Waals surface area contributed by atoms with E-state index in [9.17, 15) is 4.79 Å². The Morgan fingerprint density at radius 2 is 1.64 bits per heavy atom. The summed E-state index contributed by atoms with van der Waals surface area (Å²) in [6.07, 6.45) is 6.79. The van der Waals surface area contributed by atoms with Crippen molar-refractivity contribution in [2.75, 3.05) is 21.3 Å². The van der Waals surface area contributed by atoms with Crippen LogP contribution in [0.25, 0.3) is 21.6 Å². The lowest BCUT2D eigenvalue weighted by molar-refractivity contribution is 0.324. The molecular weight excluding hydrogens is 376 g/mol. The van der Waals surface area contributed by atoms with Gasteiger partial charge in [-0.3, -0.25) is 4.79 Å². The van der Waals surface area contributed by atoms with Crippen LogP contribution in [0, 0.1) is 0 Å². The highest BCUT2D eigenvalue weighted by molar-refractivity contribution is 7.18. The summed E-state index contributed by atoms with van der Waals surface area (Å²) >= 11 is 1.65. The van der Waals surface area contributed by atoms with Crippen LogP contribution in [0.15, 0.2) is 16.9 Å². The molecule has 2 aromatic heterocycles. The van der Waals surface area contributed by atoms with Crippen LogP contribution in [0.3, 0.4) is 0 Å². The fraction of sp³-hybridized carbons (Fsp3) is 0.429. The first-order chi connectivity index (χ1) is 13.7. The number of nitrogens with one attached hydrogen (secondary N) is 1. The van der Waals surface area contributed by atoms with Crippen molar-refractivity contribution in [2.45, 2.75) is 38.5 Å². The summed E-state index contributed by atoms with van der Waals surface area (Å²) < 4.78 is 16.2. The van der Waals surface area contributed by atoms with E-state index in [1.54, 1.807) is 44.8 Å². The monoisotopic (exact) mass is 400 g/mol. The van der Waals surface area contributed by atoms with Crippen LogP contribution in [0.2, 0.25) is 0 Å². The van der Waals surface area contributed by atoms with Gasteiger partial charge in [0.15, 0.2) is 11.5 Å². The van der Waals surface area contributed by atoms with E-state index in [0.29, 0.717) is 28.6 Å². The Kier molecular flexibility index (Phi) is 5.26. The number of aromatic nitrogens is 2. The zero-order valence-corrected chi connectivity index (χ0v) is 17.2. The molecule has 7 heteroatoms. The highest BCUT2D eigenvalue weighted by Gasteiger charge is 2.20. The van der Waals surface area contributed by atoms with Crippen LogP contribution < -0.4 is 19.8 Å². The molecule has 0 radical (unpaired) electrons. The Balaban J connectivity index is 1.87. The van der Waals surface area contributed by atoms with Gasteiger partial charge in [-0.25, -0.2) is 4.98 Å². The average molecular weight is 401 g/mol. The van der Waals surface area contributed by atoms with Crippen molar-refractivity contribution >= 4 is 21.6 Å². The zero-order valence-electron chi connectivity index (χ0n) is 16.4. The molecule has 1 N–H and O–H groups in total. The molecule has 148 valence electrons. The van der Waals surface area contributed by atoms with Crippen LogP contribution in [-0.4, -0.2) is 31.3 Å². The van der Waals surface area contributed by atoms with Gasteiger partial charge in [-0.2, -0.15) is 0 Å². The molecule has 6 nitrogen and oxygen atoms in total. The Hall–Kier alpha value is -2.54. The third-order valence-corrected chi connectivity index (χ3v) is 6.45. The first kappa shape index (κ1) is 18.8. The standard InChI is InChI=1S/C21H24N2O4S/c1-25-14-10-12(11-15(26-2)18(14)27-3)19-22-20(24)17-13-8-6-4-5-7-9-16(13)28-21(17)23-19/h10-11H,4-9H2,1-3H3,(H,22,23,24). The minimum absolute atomic E-state index is 0.0770. The number of fused-ring (bicyclic) bond motifs is 3. The molecule has 0 spiro atoms. The summed E-state index contributed by atoms with van der Waals surface area (Å²) in [4.78, 5) is 22.8. The van der Waals surface area contributed by atoms with Gasteiger partial charge >= 0.3 is 0 Å². The summed E-state index contributed by atoms with van der Waals surface area (Å²) in [5.74, 6) is 2.07. The molecule has 0 bridgehead atoms. The van der Waals surface area contributed by atoms with Crippen LogP contribution in [0.1, 0.15) is 36.1 Å². The number of methoxy groups -OCH3 is 3. The van der Waals surface area contributed by atoms with Crippen molar-refractivity contribution in [2.24, 2.45) is 0 Å². The number of hydrogen-bond donors (Lipinski definition) is 1. The second kappa shape index (κ2) is 7.83. The molecule has 1 aliphatic carbocycles. The van der Waals surface area contributed by atoms with Gasteiger partial charge in [-0.1, -0.05) is 12.8 Å². The molecule has 28 heavy (non-hydrogen) atoms. The van der Waals surface area contributed by atoms with Crippen molar-refractivity contribution < 1.29 is 14.2 Å². The number of hydrogen-bond acceptors (Lipinski definition) is 6. The Bertz CT molecular complexity index is 1050. The third-order valence-electron chi connectivity index (χ3n) is 5.26. The molecule has 1 aliphatic rings. The van der Waals surface area contributed by atoms with Gasteiger partial charge < -0.3 is 19.2 Å². The van der Waals surface area contributed by atoms with Crippen LogP contribution in [0.5, 0.6) is 17.2 Å². The molecule has 0 atom stereocenters. The van der Waals surface area contributed by atoms with E-state index in [1.165, 1.54) is 29.7 Å². The largest absolute Gasteiger partial charge is 0.493 e. The molecule has 0 unspecified atom stereocenters. The van der Waals surface area contributed by atoms with Crippen LogP contribution in [-0.2, 0) is 12.8 Å². The predicted octanol–water partition coefficient (Wildman–Crippen LogP) is 4.34. The first-order valence-corrected chi connectivity index (χ1v) is 10.3. The van der Waals surface area contributed by atoms with Crippen LogP contribution in [0.4, 0.5) is 0 Å². The second-order valence-corrected chi connectivity index (χ2v) is 8.01. The number of aryl methyl sites for hydroxylation is 2. The molecule has 0 saturated carbocycles. The Morgan fingerprint density at radius 3 is 2.29 bits per heavy atom. The molecule has 4 rings (SSSR count). The van der Waals surface area contributed by atoms with Gasteiger partial charge in [-0.15, -0.1) is 11.3 Å². The fourth-order valence-electron chi connectivity index (χ4n) is 3.87. The lowest BCUT2D eigenvalue weighted by Gasteiger charge is -2.13. The van der Waals surface area contributed by atoms with Gasteiger partial charge in [0.1, 0.15) is 10.7 Å². The molecule has 0 aliphatic heterocycles. The molecule has 3 aromatic rings. The maximum Gasteiger partial charge on any atom is 0.260 e. The number of benzene rings is 1. The maximum absolute atomic E-state index is 13.0. The molecular formula is C21H24N2O4S. The summed E-state index contributed by atoms with van der Waals surface area (Å²) in [7, 11) is 4.70. The molecule has 0 amide bonds. The van der Waals surface area contributed by atoms with E-state index >= 15 is 0 Å². The van der Waals surface area contributed by atoms with Crippen molar-refractivity contribution in [1.29, 1.82) is 0 Å². The third kappa shape index (κ3) is 3.24.